The third kappa shape index (κ3) is 5.11. The zero-order valence-electron chi connectivity index (χ0n) is 13.3. The summed E-state index contributed by atoms with van der Waals surface area (Å²) < 4.78 is 4.81. The van der Waals surface area contributed by atoms with Crippen LogP contribution < -0.4 is 5.32 Å². The van der Waals surface area contributed by atoms with Crippen LogP contribution in [0.2, 0.25) is 0 Å². The molecule has 1 aromatic heterocycles. The second-order valence-corrected chi connectivity index (χ2v) is 4.75. The molecule has 0 amide bonds. The van der Waals surface area contributed by atoms with Crippen LogP contribution in [0.1, 0.15) is 18.2 Å². The van der Waals surface area contributed by atoms with Gasteiger partial charge >= 0.3 is 5.97 Å². The lowest BCUT2D eigenvalue weighted by Crippen LogP contribution is -2.07. The van der Waals surface area contributed by atoms with Crippen molar-refractivity contribution in [3.8, 4) is 6.07 Å². The molecule has 1 aromatic carbocycles. The first kappa shape index (κ1) is 17.0. The van der Waals surface area contributed by atoms with Crippen molar-refractivity contribution in [2.24, 2.45) is 0 Å². The zero-order chi connectivity index (χ0) is 17.2. The van der Waals surface area contributed by atoms with Crippen LogP contribution in [0.5, 0.6) is 0 Å². The summed E-state index contributed by atoms with van der Waals surface area (Å²) in [4.78, 5) is 15.8. The van der Waals surface area contributed by atoms with E-state index in [0.717, 1.165) is 16.9 Å². The van der Waals surface area contributed by atoms with Gasteiger partial charge in [-0.25, -0.2) is 4.79 Å². The van der Waals surface area contributed by atoms with E-state index in [0.29, 0.717) is 0 Å². The number of carbonyl (C=O) groups excluding carboxylic acids is 1. The average Bonchev–Trinajstić information content (AvgIpc) is 2.62. The molecule has 0 spiro atoms. The molecule has 0 unspecified atom stereocenters. The average molecular weight is 319 g/mol. The molecule has 0 saturated heterocycles. The van der Waals surface area contributed by atoms with Gasteiger partial charge in [0, 0.05) is 18.1 Å². The van der Waals surface area contributed by atoms with E-state index >= 15 is 0 Å². The molecule has 120 valence electrons. The molecule has 1 N–H and O–H groups in total. The minimum absolute atomic E-state index is 0.0775. The van der Waals surface area contributed by atoms with Gasteiger partial charge < -0.3 is 10.1 Å². The molecule has 24 heavy (non-hydrogen) atoms. The highest BCUT2D eigenvalue weighted by Crippen LogP contribution is 2.14. The Morgan fingerprint density at radius 3 is 2.88 bits per heavy atom. The Bertz CT molecular complexity index is 790. The van der Waals surface area contributed by atoms with Gasteiger partial charge in [0.1, 0.15) is 6.07 Å². The number of hydrogen-bond acceptors (Lipinski definition) is 5. The Hall–Kier alpha value is -3.39. The van der Waals surface area contributed by atoms with Gasteiger partial charge in [0.15, 0.2) is 5.57 Å². The van der Waals surface area contributed by atoms with Gasteiger partial charge in [0.05, 0.1) is 12.3 Å². The lowest BCUT2D eigenvalue weighted by atomic mass is 10.1. The molecular formula is C19H17N3O2. The summed E-state index contributed by atoms with van der Waals surface area (Å²) in [5.74, 6) is -0.640. The second kappa shape index (κ2) is 8.91. The van der Waals surface area contributed by atoms with Crippen LogP contribution in [-0.2, 0) is 9.53 Å². The number of nitriles is 1. The van der Waals surface area contributed by atoms with E-state index in [9.17, 15) is 4.79 Å². The van der Waals surface area contributed by atoms with Crippen molar-refractivity contribution >= 4 is 23.8 Å². The lowest BCUT2D eigenvalue weighted by molar-refractivity contribution is -0.138. The number of esters is 1. The first-order valence-corrected chi connectivity index (χ1v) is 7.46. The van der Waals surface area contributed by atoms with Gasteiger partial charge in [-0.3, -0.25) is 4.98 Å². The van der Waals surface area contributed by atoms with E-state index in [1.165, 1.54) is 6.20 Å². The SMILES string of the molecule is CCOC(=O)/C(C#N)=C/Nc1cccc(/C=C/c2ccccn2)c1. The fraction of sp³-hybridized carbons (Fsp3) is 0.105. The van der Waals surface area contributed by atoms with Gasteiger partial charge in [-0.15, -0.1) is 0 Å². The van der Waals surface area contributed by atoms with Crippen LogP contribution in [0.15, 0.2) is 60.4 Å². The van der Waals surface area contributed by atoms with Gasteiger partial charge in [0.2, 0.25) is 0 Å². The Balaban J connectivity index is 2.09. The van der Waals surface area contributed by atoms with Gasteiger partial charge in [-0.05, 0) is 42.8 Å². The highest BCUT2D eigenvalue weighted by molar-refractivity contribution is 5.93. The van der Waals surface area contributed by atoms with Crippen molar-refractivity contribution in [3.05, 3.63) is 71.7 Å². The van der Waals surface area contributed by atoms with Crippen LogP contribution in [0.25, 0.3) is 12.2 Å². The number of pyridine rings is 1. The molecule has 0 aliphatic heterocycles. The predicted molar refractivity (Wildman–Crippen MR) is 93.6 cm³/mol. The zero-order valence-corrected chi connectivity index (χ0v) is 13.3. The molecule has 5 heteroatoms. The van der Waals surface area contributed by atoms with Crippen LogP contribution in [0.3, 0.4) is 0 Å². The summed E-state index contributed by atoms with van der Waals surface area (Å²) in [6.07, 6.45) is 6.93. The quantitative estimate of drug-likeness (QED) is 0.500. The summed E-state index contributed by atoms with van der Waals surface area (Å²) in [7, 11) is 0. The number of aromatic nitrogens is 1. The van der Waals surface area contributed by atoms with Crippen LogP contribution in [0, 0.1) is 11.3 Å². The molecule has 0 aliphatic rings. The van der Waals surface area contributed by atoms with Crippen molar-refractivity contribution in [1.29, 1.82) is 5.26 Å². The third-order valence-corrected chi connectivity index (χ3v) is 3.02. The first-order valence-electron chi connectivity index (χ1n) is 7.46. The van der Waals surface area contributed by atoms with Crippen LogP contribution in [-0.4, -0.2) is 17.6 Å². The molecule has 5 nitrogen and oxygen atoms in total. The molecule has 2 aromatic rings. The normalized spacial score (nSPS) is 11.1. The Morgan fingerprint density at radius 1 is 1.29 bits per heavy atom. The second-order valence-electron chi connectivity index (χ2n) is 4.75. The minimum Gasteiger partial charge on any atom is -0.462 e. The molecule has 0 atom stereocenters. The summed E-state index contributed by atoms with van der Waals surface area (Å²) in [5, 5.41) is 11.9. The number of carbonyl (C=O) groups is 1. The number of nitrogens with zero attached hydrogens (tertiary/aromatic N) is 2. The molecule has 2 rings (SSSR count). The number of rotatable bonds is 6. The standard InChI is InChI=1S/C19H17N3O2/c1-2-24-19(23)16(13-20)14-22-18-8-5-6-15(12-18)9-10-17-7-3-4-11-21-17/h3-12,14,22H,2H2,1H3/b10-9+,16-14+. The van der Waals surface area contributed by atoms with Crippen molar-refractivity contribution in [1.82, 2.24) is 4.98 Å². The van der Waals surface area contributed by atoms with E-state index in [2.05, 4.69) is 10.3 Å². The monoisotopic (exact) mass is 319 g/mol. The van der Waals surface area contributed by atoms with Crippen molar-refractivity contribution in [2.45, 2.75) is 6.92 Å². The molecule has 0 radical (unpaired) electrons. The smallest absolute Gasteiger partial charge is 0.350 e. The molecular weight excluding hydrogens is 302 g/mol. The Kier molecular flexibility index (Phi) is 6.30. The topological polar surface area (TPSA) is 75.0 Å². The fourth-order valence-electron chi connectivity index (χ4n) is 1.89. The van der Waals surface area contributed by atoms with Gasteiger partial charge in [-0.2, -0.15) is 5.26 Å². The Morgan fingerprint density at radius 2 is 2.17 bits per heavy atom. The molecule has 1 heterocycles. The van der Waals surface area contributed by atoms with Gasteiger partial charge in [0.25, 0.3) is 0 Å². The lowest BCUT2D eigenvalue weighted by Gasteiger charge is -2.04. The van der Waals surface area contributed by atoms with E-state index < -0.39 is 5.97 Å². The highest BCUT2D eigenvalue weighted by Gasteiger charge is 2.08. The highest BCUT2D eigenvalue weighted by atomic mass is 16.5. The fourth-order valence-corrected chi connectivity index (χ4v) is 1.89. The number of benzene rings is 1. The van der Waals surface area contributed by atoms with Crippen molar-refractivity contribution < 1.29 is 9.53 Å². The number of anilines is 1. The predicted octanol–water partition coefficient (Wildman–Crippen LogP) is 3.63. The largest absolute Gasteiger partial charge is 0.462 e. The molecule has 0 fully saturated rings. The summed E-state index contributed by atoms with van der Waals surface area (Å²) in [6, 6.07) is 15.1. The molecule has 0 saturated carbocycles. The molecule has 0 aliphatic carbocycles. The summed E-state index contributed by atoms with van der Waals surface area (Å²) in [5.41, 5.74) is 2.51. The van der Waals surface area contributed by atoms with E-state index in [-0.39, 0.29) is 12.2 Å². The number of nitrogens with one attached hydrogen (secondary N) is 1. The maximum atomic E-state index is 11.6. The minimum atomic E-state index is -0.640. The maximum absolute atomic E-state index is 11.6. The number of hydrogen-bond donors (Lipinski definition) is 1. The molecule has 0 bridgehead atoms. The summed E-state index contributed by atoms with van der Waals surface area (Å²) in [6.45, 7) is 1.92. The third-order valence-electron chi connectivity index (χ3n) is 3.02. The summed E-state index contributed by atoms with van der Waals surface area (Å²) >= 11 is 0. The van der Waals surface area contributed by atoms with Crippen LogP contribution >= 0.6 is 0 Å². The van der Waals surface area contributed by atoms with E-state index in [4.69, 9.17) is 10.00 Å². The van der Waals surface area contributed by atoms with Crippen molar-refractivity contribution in [3.63, 3.8) is 0 Å². The van der Waals surface area contributed by atoms with E-state index in [1.54, 1.807) is 13.1 Å². The van der Waals surface area contributed by atoms with Crippen LogP contribution in [0.4, 0.5) is 5.69 Å². The van der Waals surface area contributed by atoms with Gasteiger partial charge in [-0.1, -0.05) is 24.3 Å². The first-order chi connectivity index (χ1) is 11.7. The van der Waals surface area contributed by atoms with Crippen molar-refractivity contribution in [2.75, 3.05) is 11.9 Å². The number of ether oxygens (including phenoxy) is 1. The maximum Gasteiger partial charge on any atom is 0.350 e. The van der Waals surface area contributed by atoms with E-state index in [1.807, 2.05) is 60.7 Å². The Labute approximate surface area is 140 Å².